The molecule has 4 nitrogen and oxygen atoms in total. The Kier molecular flexibility index (Phi) is 3.57. The summed E-state index contributed by atoms with van der Waals surface area (Å²) >= 11 is 0. The van der Waals surface area contributed by atoms with E-state index >= 15 is 0 Å². The number of hydrogen-bond acceptors (Lipinski definition) is 3. The SMILES string of the molecule is CCOc1ccccc1C(=O)N1CCC(C)(O)C1. The first-order valence-electron chi connectivity index (χ1n) is 6.27. The first kappa shape index (κ1) is 12.9. The molecule has 18 heavy (non-hydrogen) atoms. The number of hydrogen-bond donors (Lipinski definition) is 1. The minimum atomic E-state index is -0.768. The molecule has 1 fully saturated rings. The average Bonchev–Trinajstić information content (AvgIpc) is 2.70. The van der Waals surface area contributed by atoms with Crippen molar-refractivity contribution in [2.75, 3.05) is 19.7 Å². The Hall–Kier alpha value is -1.55. The number of likely N-dealkylation sites (tertiary alicyclic amines) is 1. The maximum Gasteiger partial charge on any atom is 0.257 e. The van der Waals surface area contributed by atoms with Crippen LogP contribution in [0.15, 0.2) is 24.3 Å². The molecule has 1 aliphatic heterocycles. The third-order valence-corrected chi connectivity index (χ3v) is 3.16. The summed E-state index contributed by atoms with van der Waals surface area (Å²) in [5.41, 5.74) is -0.201. The van der Waals surface area contributed by atoms with E-state index in [2.05, 4.69) is 0 Å². The average molecular weight is 249 g/mol. The molecule has 0 aliphatic carbocycles. The summed E-state index contributed by atoms with van der Waals surface area (Å²) in [6, 6.07) is 7.23. The van der Waals surface area contributed by atoms with Crippen molar-refractivity contribution in [2.24, 2.45) is 0 Å². The Balaban J connectivity index is 2.19. The van der Waals surface area contributed by atoms with Crippen LogP contribution >= 0.6 is 0 Å². The van der Waals surface area contributed by atoms with Crippen LogP contribution in [0.5, 0.6) is 5.75 Å². The first-order chi connectivity index (χ1) is 8.53. The van der Waals surface area contributed by atoms with Gasteiger partial charge in [0.1, 0.15) is 5.75 Å². The normalized spacial score (nSPS) is 23.2. The zero-order valence-corrected chi connectivity index (χ0v) is 10.8. The molecular formula is C14H19NO3. The summed E-state index contributed by atoms with van der Waals surface area (Å²) in [6.07, 6.45) is 0.621. The molecule has 2 rings (SSSR count). The zero-order chi connectivity index (χ0) is 13.2. The molecule has 1 aromatic rings. The second-order valence-corrected chi connectivity index (χ2v) is 4.90. The van der Waals surface area contributed by atoms with E-state index in [-0.39, 0.29) is 5.91 Å². The molecule has 0 spiro atoms. The maximum atomic E-state index is 12.4. The van der Waals surface area contributed by atoms with Crippen molar-refractivity contribution < 1.29 is 14.6 Å². The predicted octanol–water partition coefficient (Wildman–Crippen LogP) is 1.68. The van der Waals surface area contributed by atoms with E-state index in [1.807, 2.05) is 19.1 Å². The first-order valence-corrected chi connectivity index (χ1v) is 6.27. The Labute approximate surface area is 107 Å². The topological polar surface area (TPSA) is 49.8 Å². The molecule has 0 aromatic heterocycles. The van der Waals surface area contributed by atoms with Gasteiger partial charge >= 0.3 is 0 Å². The maximum absolute atomic E-state index is 12.4. The standard InChI is InChI=1S/C14H19NO3/c1-3-18-12-7-5-4-6-11(12)13(16)15-9-8-14(2,17)10-15/h4-7,17H,3,8-10H2,1-2H3. The highest BCUT2D eigenvalue weighted by molar-refractivity contribution is 5.97. The van der Waals surface area contributed by atoms with Crippen molar-refractivity contribution in [1.82, 2.24) is 4.90 Å². The van der Waals surface area contributed by atoms with E-state index < -0.39 is 5.60 Å². The monoisotopic (exact) mass is 249 g/mol. The van der Waals surface area contributed by atoms with Gasteiger partial charge in [0.15, 0.2) is 0 Å². The second-order valence-electron chi connectivity index (χ2n) is 4.90. The van der Waals surface area contributed by atoms with Crippen LogP contribution in [0, 0.1) is 0 Å². The van der Waals surface area contributed by atoms with Gasteiger partial charge in [0, 0.05) is 13.1 Å². The minimum absolute atomic E-state index is 0.0724. The lowest BCUT2D eigenvalue weighted by Gasteiger charge is -2.20. The molecule has 1 aromatic carbocycles. The fourth-order valence-corrected chi connectivity index (χ4v) is 2.21. The van der Waals surface area contributed by atoms with Gasteiger partial charge in [-0.3, -0.25) is 4.79 Å². The smallest absolute Gasteiger partial charge is 0.257 e. The molecule has 1 N–H and O–H groups in total. The van der Waals surface area contributed by atoms with Gasteiger partial charge in [-0.1, -0.05) is 12.1 Å². The molecule has 1 atom stereocenters. The number of carbonyl (C=O) groups is 1. The van der Waals surface area contributed by atoms with Crippen LogP contribution in [0.25, 0.3) is 0 Å². The zero-order valence-electron chi connectivity index (χ0n) is 10.8. The van der Waals surface area contributed by atoms with E-state index in [0.29, 0.717) is 37.4 Å². The number of aliphatic hydroxyl groups is 1. The van der Waals surface area contributed by atoms with E-state index in [4.69, 9.17) is 4.74 Å². The van der Waals surface area contributed by atoms with Gasteiger partial charge < -0.3 is 14.7 Å². The number of amides is 1. The van der Waals surface area contributed by atoms with Crippen LogP contribution in [0.3, 0.4) is 0 Å². The molecule has 98 valence electrons. The largest absolute Gasteiger partial charge is 0.493 e. The van der Waals surface area contributed by atoms with Crippen LogP contribution in [-0.2, 0) is 0 Å². The van der Waals surface area contributed by atoms with E-state index in [9.17, 15) is 9.90 Å². The number of para-hydroxylation sites is 1. The summed E-state index contributed by atoms with van der Waals surface area (Å²) in [6.45, 7) is 5.15. The molecule has 0 bridgehead atoms. The predicted molar refractivity (Wildman–Crippen MR) is 68.8 cm³/mol. The van der Waals surface area contributed by atoms with Crippen molar-refractivity contribution in [3.63, 3.8) is 0 Å². The van der Waals surface area contributed by atoms with Crippen LogP contribution in [0.4, 0.5) is 0 Å². The van der Waals surface area contributed by atoms with Gasteiger partial charge in [0.05, 0.1) is 17.8 Å². The van der Waals surface area contributed by atoms with Gasteiger partial charge in [-0.2, -0.15) is 0 Å². The van der Waals surface area contributed by atoms with Crippen molar-refractivity contribution >= 4 is 5.91 Å². The van der Waals surface area contributed by atoms with E-state index in [1.54, 1.807) is 24.0 Å². The number of carbonyl (C=O) groups excluding carboxylic acids is 1. The highest BCUT2D eigenvalue weighted by Crippen LogP contribution is 2.25. The molecule has 4 heteroatoms. The summed E-state index contributed by atoms with van der Waals surface area (Å²) in [7, 11) is 0. The van der Waals surface area contributed by atoms with E-state index in [1.165, 1.54) is 0 Å². The van der Waals surface area contributed by atoms with Crippen molar-refractivity contribution in [2.45, 2.75) is 25.9 Å². The van der Waals surface area contributed by atoms with Gasteiger partial charge in [0.2, 0.25) is 0 Å². The summed E-state index contributed by atoms with van der Waals surface area (Å²) in [5.74, 6) is 0.536. The lowest BCUT2D eigenvalue weighted by molar-refractivity contribution is 0.0570. The Bertz CT molecular complexity index is 442. The lowest BCUT2D eigenvalue weighted by atomic mass is 10.1. The molecule has 1 amide bonds. The molecule has 1 heterocycles. The fraction of sp³-hybridized carbons (Fsp3) is 0.500. The van der Waals surface area contributed by atoms with E-state index in [0.717, 1.165) is 0 Å². The minimum Gasteiger partial charge on any atom is -0.493 e. The number of ether oxygens (including phenoxy) is 1. The molecule has 1 aliphatic rings. The number of β-amino-alcohol motifs (C(OH)–C–C–N with tert-alkyl or cyclic N) is 1. The van der Waals surface area contributed by atoms with Gasteiger partial charge in [0.25, 0.3) is 5.91 Å². The number of benzene rings is 1. The summed E-state index contributed by atoms with van der Waals surface area (Å²) < 4.78 is 5.46. The van der Waals surface area contributed by atoms with Crippen molar-refractivity contribution in [1.29, 1.82) is 0 Å². The van der Waals surface area contributed by atoms with Crippen molar-refractivity contribution in [3.8, 4) is 5.75 Å². The second kappa shape index (κ2) is 4.98. The Morgan fingerprint density at radius 3 is 2.83 bits per heavy atom. The van der Waals surface area contributed by atoms with Crippen LogP contribution < -0.4 is 4.74 Å². The number of rotatable bonds is 3. The molecule has 0 saturated carbocycles. The van der Waals surface area contributed by atoms with Crippen LogP contribution in [-0.4, -0.2) is 41.2 Å². The Morgan fingerprint density at radius 2 is 2.22 bits per heavy atom. The van der Waals surface area contributed by atoms with Crippen LogP contribution in [0.1, 0.15) is 30.6 Å². The molecule has 1 unspecified atom stereocenters. The third kappa shape index (κ3) is 2.64. The highest BCUT2D eigenvalue weighted by atomic mass is 16.5. The van der Waals surface area contributed by atoms with Crippen molar-refractivity contribution in [3.05, 3.63) is 29.8 Å². The molecule has 1 saturated heterocycles. The highest BCUT2D eigenvalue weighted by Gasteiger charge is 2.34. The Morgan fingerprint density at radius 1 is 1.50 bits per heavy atom. The summed E-state index contributed by atoms with van der Waals surface area (Å²) in [4.78, 5) is 14.0. The van der Waals surface area contributed by atoms with Gasteiger partial charge in [-0.05, 0) is 32.4 Å². The quantitative estimate of drug-likeness (QED) is 0.886. The van der Waals surface area contributed by atoms with Gasteiger partial charge in [-0.25, -0.2) is 0 Å². The lowest BCUT2D eigenvalue weighted by Crippen LogP contribution is -2.34. The summed E-state index contributed by atoms with van der Waals surface area (Å²) in [5, 5.41) is 9.91. The fourth-order valence-electron chi connectivity index (χ4n) is 2.21. The number of nitrogens with zero attached hydrogens (tertiary/aromatic N) is 1. The molecule has 0 radical (unpaired) electrons. The third-order valence-electron chi connectivity index (χ3n) is 3.16. The van der Waals surface area contributed by atoms with Crippen LogP contribution in [0.2, 0.25) is 0 Å². The molecular weight excluding hydrogens is 230 g/mol. The van der Waals surface area contributed by atoms with Gasteiger partial charge in [-0.15, -0.1) is 0 Å².